The van der Waals surface area contributed by atoms with Gasteiger partial charge in [-0.25, -0.2) is 0 Å². The fraction of sp³-hybridized carbons (Fsp3) is 0.727. The maximum atomic E-state index is 12.7. The Kier molecular flexibility index (Phi) is 5.96. The Balaban J connectivity index is 1.24. The number of pyridine rings is 1. The molecule has 0 N–H and O–H groups in total. The zero-order chi connectivity index (χ0) is 18.5. The van der Waals surface area contributed by atoms with Crippen LogP contribution in [0.15, 0.2) is 24.5 Å². The molecule has 148 valence electrons. The van der Waals surface area contributed by atoms with Gasteiger partial charge in [0.05, 0.1) is 12.2 Å². The molecule has 1 unspecified atom stereocenters. The molecule has 4 rings (SSSR count). The third kappa shape index (κ3) is 4.63. The van der Waals surface area contributed by atoms with E-state index < -0.39 is 0 Å². The van der Waals surface area contributed by atoms with Crippen LogP contribution in [0.3, 0.4) is 0 Å². The Morgan fingerprint density at radius 1 is 1.19 bits per heavy atom. The zero-order valence-electron chi connectivity index (χ0n) is 16.3. The molecule has 0 aromatic carbocycles. The van der Waals surface area contributed by atoms with E-state index in [0.29, 0.717) is 17.7 Å². The summed E-state index contributed by atoms with van der Waals surface area (Å²) in [5, 5.41) is 0. The Hall–Kier alpha value is -1.62. The van der Waals surface area contributed by atoms with Gasteiger partial charge in [0.15, 0.2) is 0 Å². The SMILES string of the molecule is O=C(C1CCCC1)N1CCC2(CC1)CC(CCOc1ccncc1)CCO2. The number of amides is 1. The van der Waals surface area contributed by atoms with Gasteiger partial charge in [0, 0.05) is 38.0 Å². The van der Waals surface area contributed by atoms with E-state index in [2.05, 4.69) is 9.88 Å². The van der Waals surface area contributed by atoms with Crippen LogP contribution in [0.2, 0.25) is 0 Å². The summed E-state index contributed by atoms with van der Waals surface area (Å²) >= 11 is 0. The summed E-state index contributed by atoms with van der Waals surface area (Å²) in [5.41, 5.74) is -0.00790. The molecular formula is C22H32N2O3. The Morgan fingerprint density at radius 3 is 2.67 bits per heavy atom. The number of carbonyl (C=O) groups is 1. The highest BCUT2D eigenvalue weighted by molar-refractivity contribution is 5.79. The summed E-state index contributed by atoms with van der Waals surface area (Å²) in [4.78, 5) is 18.8. The zero-order valence-corrected chi connectivity index (χ0v) is 16.3. The highest BCUT2D eigenvalue weighted by atomic mass is 16.5. The summed E-state index contributed by atoms with van der Waals surface area (Å²) < 4.78 is 12.1. The van der Waals surface area contributed by atoms with Crippen LogP contribution in [0.1, 0.15) is 57.8 Å². The Bertz CT molecular complexity index is 607. The molecule has 1 spiro atoms. The Morgan fingerprint density at radius 2 is 1.93 bits per heavy atom. The van der Waals surface area contributed by atoms with Gasteiger partial charge in [-0.1, -0.05) is 12.8 Å². The molecule has 1 aliphatic carbocycles. The van der Waals surface area contributed by atoms with Crippen LogP contribution in [0, 0.1) is 11.8 Å². The van der Waals surface area contributed by atoms with Crippen LogP contribution in [0.5, 0.6) is 5.75 Å². The van der Waals surface area contributed by atoms with E-state index in [9.17, 15) is 4.79 Å². The molecule has 1 saturated carbocycles. The van der Waals surface area contributed by atoms with E-state index in [0.717, 1.165) is 77.0 Å². The van der Waals surface area contributed by atoms with Gasteiger partial charge in [-0.2, -0.15) is 0 Å². The lowest BCUT2D eigenvalue weighted by atomic mass is 9.78. The minimum absolute atomic E-state index is 0.00790. The second-order valence-electron chi connectivity index (χ2n) is 8.52. The van der Waals surface area contributed by atoms with Crippen molar-refractivity contribution >= 4 is 5.91 Å². The fourth-order valence-electron chi connectivity index (χ4n) is 5.07. The maximum Gasteiger partial charge on any atom is 0.225 e. The van der Waals surface area contributed by atoms with Gasteiger partial charge in [0.25, 0.3) is 0 Å². The molecule has 3 aliphatic rings. The van der Waals surface area contributed by atoms with Crippen LogP contribution in [-0.4, -0.2) is 47.7 Å². The smallest absolute Gasteiger partial charge is 0.225 e. The van der Waals surface area contributed by atoms with Crippen LogP contribution in [-0.2, 0) is 9.53 Å². The van der Waals surface area contributed by atoms with Crippen molar-refractivity contribution in [1.82, 2.24) is 9.88 Å². The van der Waals surface area contributed by atoms with Crippen molar-refractivity contribution in [1.29, 1.82) is 0 Å². The van der Waals surface area contributed by atoms with Gasteiger partial charge in [-0.15, -0.1) is 0 Å². The van der Waals surface area contributed by atoms with E-state index in [-0.39, 0.29) is 5.60 Å². The number of hydrogen-bond acceptors (Lipinski definition) is 4. The van der Waals surface area contributed by atoms with Gasteiger partial charge in [0.2, 0.25) is 5.91 Å². The van der Waals surface area contributed by atoms with E-state index in [1.54, 1.807) is 12.4 Å². The van der Waals surface area contributed by atoms with Crippen molar-refractivity contribution in [3.8, 4) is 5.75 Å². The number of hydrogen-bond donors (Lipinski definition) is 0. The summed E-state index contributed by atoms with van der Waals surface area (Å²) in [6.45, 7) is 3.33. The summed E-state index contributed by atoms with van der Waals surface area (Å²) in [6.07, 6.45) is 13.4. The van der Waals surface area contributed by atoms with Crippen LogP contribution < -0.4 is 4.74 Å². The molecule has 1 atom stereocenters. The van der Waals surface area contributed by atoms with Gasteiger partial charge in [-0.3, -0.25) is 9.78 Å². The average molecular weight is 373 g/mol. The van der Waals surface area contributed by atoms with Crippen molar-refractivity contribution in [2.24, 2.45) is 11.8 Å². The van der Waals surface area contributed by atoms with Crippen LogP contribution in [0.4, 0.5) is 0 Å². The molecule has 1 aromatic rings. The fourth-order valence-corrected chi connectivity index (χ4v) is 5.07. The lowest BCUT2D eigenvalue weighted by Gasteiger charge is -2.46. The largest absolute Gasteiger partial charge is 0.493 e. The molecule has 0 bridgehead atoms. The van der Waals surface area contributed by atoms with Crippen LogP contribution in [0.25, 0.3) is 0 Å². The first kappa shape index (κ1) is 18.7. The van der Waals surface area contributed by atoms with Crippen molar-refractivity contribution in [3.63, 3.8) is 0 Å². The molecule has 3 fully saturated rings. The Labute approximate surface area is 162 Å². The van der Waals surface area contributed by atoms with E-state index in [4.69, 9.17) is 9.47 Å². The molecule has 3 heterocycles. The first-order valence-electron chi connectivity index (χ1n) is 10.7. The summed E-state index contributed by atoms with van der Waals surface area (Å²) in [5.74, 6) is 2.24. The molecule has 5 nitrogen and oxygen atoms in total. The third-order valence-corrected chi connectivity index (χ3v) is 6.73. The number of ether oxygens (including phenoxy) is 2. The second-order valence-corrected chi connectivity index (χ2v) is 8.52. The van der Waals surface area contributed by atoms with Gasteiger partial charge < -0.3 is 14.4 Å². The summed E-state index contributed by atoms with van der Waals surface area (Å²) in [7, 11) is 0. The van der Waals surface area contributed by atoms with Gasteiger partial charge in [0.1, 0.15) is 5.75 Å². The number of rotatable bonds is 5. The number of likely N-dealkylation sites (tertiary alicyclic amines) is 1. The molecule has 1 amide bonds. The topological polar surface area (TPSA) is 51.7 Å². The van der Waals surface area contributed by atoms with Crippen LogP contribution >= 0.6 is 0 Å². The van der Waals surface area contributed by atoms with E-state index >= 15 is 0 Å². The molecule has 5 heteroatoms. The van der Waals surface area contributed by atoms with Crippen molar-refractivity contribution in [2.45, 2.75) is 63.4 Å². The van der Waals surface area contributed by atoms with Gasteiger partial charge >= 0.3 is 0 Å². The number of piperidine rings is 1. The second kappa shape index (κ2) is 8.59. The highest BCUT2D eigenvalue weighted by Crippen LogP contribution is 2.39. The molecule has 1 aromatic heterocycles. The predicted molar refractivity (Wildman–Crippen MR) is 104 cm³/mol. The van der Waals surface area contributed by atoms with Crippen molar-refractivity contribution in [2.75, 3.05) is 26.3 Å². The average Bonchev–Trinajstić information content (AvgIpc) is 3.24. The lowest BCUT2D eigenvalue weighted by molar-refractivity contribution is -0.150. The normalized spacial score (nSPS) is 25.6. The molecule has 27 heavy (non-hydrogen) atoms. The highest BCUT2D eigenvalue weighted by Gasteiger charge is 2.41. The van der Waals surface area contributed by atoms with E-state index in [1.165, 1.54) is 12.8 Å². The monoisotopic (exact) mass is 372 g/mol. The van der Waals surface area contributed by atoms with Crippen molar-refractivity contribution < 1.29 is 14.3 Å². The maximum absolute atomic E-state index is 12.7. The standard InChI is InChI=1S/C22H32N2O3/c25-21(19-3-1-2-4-19)24-13-9-22(10-14-24)17-18(8-16-27-22)7-15-26-20-5-11-23-12-6-20/h5-6,11-12,18-19H,1-4,7-10,13-17H2. The van der Waals surface area contributed by atoms with Gasteiger partial charge in [-0.05, 0) is 63.0 Å². The first-order valence-corrected chi connectivity index (χ1v) is 10.7. The molecular weight excluding hydrogens is 340 g/mol. The predicted octanol–water partition coefficient (Wildman–Crippen LogP) is 3.83. The first-order chi connectivity index (χ1) is 13.2. The number of nitrogens with zero attached hydrogens (tertiary/aromatic N) is 2. The minimum Gasteiger partial charge on any atom is -0.493 e. The lowest BCUT2D eigenvalue weighted by Crippen LogP contribution is -2.51. The molecule has 0 radical (unpaired) electrons. The summed E-state index contributed by atoms with van der Waals surface area (Å²) in [6, 6.07) is 3.81. The quantitative estimate of drug-likeness (QED) is 0.788. The number of carbonyl (C=O) groups excluding carboxylic acids is 1. The van der Waals surface area contributed by atoms with E-state index in [1.807, 2.05) is 12.1 Å². The molecule has 2 aliphatic heterocycles. The van der Waals surface area contributed by atoms with Crippen molar-refractivity contribution in [3.05, 3.63) is 24.5 Å². The molecule has 2 saturated heterocycles. The third-order valence-electron chi connectivity index (χ3n) is 6.73. The number of aromatic nitrogens is 1. The minimum atomic E-state index is -0.00790.